The van der Waals surface area contributed by atoms with Crippen molar-refractivity contribution in [1.82, 2.24) is 4.90 Å². The van der Waals surface area contributed by atoms with Gasteiger partial charge in [-0.1, -0.05) is 13.3 Å². The number of hydrogen-bond acceptors (Lipinski definition) is 2. The Morgan fingerprint density at radius 1 is 1.50 bits per heavy atom. The van der Waals surface area contributed by atoms with Crippen LogP contribution >= 0.6 is 0 Å². The molecule has 1 aliphatic carbocycles. The summed E-state index contributed by atoms with van der Waals surface area (Å²) >= 11 is 0. The Kier molecular flexibility index (Phi) is 1.46. The van der Waals surface area contributed by atoms with E-state index in [2.05, 4.69) is 11.8 Å². The molecule has 58 valence electrons. The highest BCUT2D eigenvalue weighted by Crippen LogP contribution is 2.32. The first-order chi connectivity index (χ1) is 4.81. The number of rotatable bonds is 2. The molecule has 2 atom stereocenters. The van der Waals surface area contributed by atoms with Gasteiger partial charge in [0.1, 0.15) is 0 Å². The fourth-order valence-electron chi connectivity index (χ4n) is 1.76. The van der Waals surface area contributed by atoms with Crippen LogP contribution in [-0.2, 0) is 0 Å². The zero-order valence-electron chi connectivity index (χ0n) is 6.59. The molecule has 0 bridgehead atoms. The van der Waals surface area contributed by atoms with Crippen LogP contribution in [-0.4, -0.2) is 30.1 Å². The van der Waals surface area contributed by atoms with Crippen molar-refractivity contribution in [2.24, 2.45) is 11.7 Å². The van der Waals surface area contributed by atoms with E-state index in [1.54, 1.807) is 0 Å². The minimum atomic E-state index is 0.512. The van der Waals surface area contributed by atoms with E-state index in [4.69, 9.17) is 5.73 Å². The predicted molar refractivity (Wildman–Crippen MR) is 41.7 cm³/mol. The lowest BCUT2D eigenvalue weighted by Crippen LogP contribution is -2.48. The molecule has 2 rings (SSSR count). The van der Waals surface area contributed by atoms with Crippen LogP contribution in [0.15, 0.2) is 0 Å². The molecular formula is C8H16N2. The minimum Gasteiger partial charge on any atom is -0.326 e. The third kappa shape index (κ3) is 0.956. The first-order valence-electron chi connectivity index (χ1n) is 4.31. The van der Waals surface area contributed by atoms with Gasteiger partial charge in [0.15, 0.2) is 0 Å². The number of hydrogen-bond donors (Lipinski definition) is 1. The molecule has 0 spiro atoms. The lowest BCUT2D eigenvalue weighted by atomic mass is 9.97. The van der Waals surface area contributed by atoms with Crippen LogP contribution in [0, 0.1) is 5.92 Å². The Labute approximate surface area is 62.4 Å². The Hall–Kier alpha value is -0.0800. The fourth-order valence-corrected chi connectivity index (χ4v) is 1.76. The maximum atomic E-state index is 5.72. The summed E-state index contributed by atoms with van der Waals surface area (Å²) in [5, 5.41) is 0. The molecule has 2 heteroatoms. The molecule has 10 heavy (non-hydrogen) atoms. The SMILES string of the molecule is CCC1CN(C2CC2N)C1. The van der Waals surface area contributed by atoms with Gasteiger partial charge in [-0.25, -0.2) is 0 Å². The highest BCUT2D eigenvalue weighted by Gasteiger charge is 2.43. The number of likely N-dealkylation sites (tertiary alicyclic amines) is 1. The van der Waals surface area contributed by atoms with Crippen molar-refractivity contribution >= 4 is 0 Å². The van der Waals surface area contributed by atoms with E-state index in [0.29, 0.717) is 6.04 Å². The summed E-state index contributed by atoms with van der Waals surface area (Å²) in [6.07, 6.45) is 2.59. The normalized spacial score (nSPS) is 41.4. The smallest absolute Gasteiger partial charge is 0.0263 e. The highest BCUT2D eigenvalue weighted by atomic mass is 15.3. The second-order valence-corrected chi connectivity index (χ2v) is 3.70. The van der Waals surface area contributed by atoms with Crippen molar-refractivity contribution in [2.75, 3.05) is 13.1 Å². The Morgan fingerprint density at radius 3 is 2.50 bits per heavy atom. The van der Waals surface area contributed by atoms with Gasteiger partial charge < -0.3 is 5.73 Å². The second kappa shape index (κ2) is 2.21. The topological polar surface area (TPSA) is 29.3 Å². The average Bonchev–Trinajstić information content (AvgIpc) is 2.45. The molecule has 2 nitrogen and oxygen atoms in total. The van der Waals surface area contributed by atoms with Gasteiger partial charge >= 0.3 is 0 Å². The molecule has 0 radical (unpaired) electrons. The molecule has 1 aliphatic heterocycles. The van der Waals surface area contributed by atoms with Gasteiger partial charge in [0, 0.05) is 25.2 Å². The third-order valence-electron chi connectivity index (χ3n) is 2.84. The van der Waals surface area contributed by atoms with Crippen LogP contribution < -0.4 is 5.73 Å². The molecule has 1 heterocycles. The Bertz CT molecular complexity index is 129. The van der Waals surface area contributed by atoms with Crippen LogP contribution in [0.5, 0.6) is 0 Å². The molecule has 0 aromatic carbocycles. The number of nitrogens with zero attached hydrogens (tertiary/aromatic N) is 1. The molecule has 1 saturated carbocycles. The lowest BCUT2D eigenvalue weighted by Gasteiger charge is -2.39. The average molecular weight is 140 g/mol. The maximum absolute atomic E-state index is 5.72. The van der Waals surface area contributed by atoms with Crippen molar-refractivity contribution in [3.63, 3.8) is 0 Å². The van der Waals surface area contributed by atoms with E-state index >= 15 is 0 Å². The van der Waals surface area contributed by atoms with Crippen LogP contribution in [0.25, 0.3) is 0 Å². The van der Waals surface area contributed by atoms with Crippen LogP contribution in [0.1, 0.15) is 19.8 Å². The van der Waals surface area contributed by atoms with Crippen molar-refractivity contribution in [3.8, 4) is 0 Å². The van der Waals surface area contributed by atoms with Crippen LogP contribution in [0.2, 0.25) is 0 Å². The lowest BCUT2D eigenvalue weighted by molar-refractivity contribution is 0.0873. The first-order valence-corrected chi connectivity index (χ1v) is 4.31. The summed E-state index contributed by atoms with van der Waals surface area (Å²) in [5.41, 5.74) is 5.72. The van der Waals surface area contributed by atoms with Crippen molar-refractivity contribution in [2.45, 2.75) is 31.8 Å². The molecule has 1 saturated heterocycles. The van der Waals surface area contributed by atoms with E-state index in [9.17, 15) is 0 Å². The van der Waals surface area contributed by atoms with E-state index in [0.717, 1.165) is 12.0 Å². The molecule has 2 N–H and O–H groups in total. The van der Waals surface area contributed by atoms with Crippen molar-refractivity contribution in [1.29, 1.82) is 0 Å². The summed E-state index contributed by atoms with van der Waals surface area (Å²) in [7, 11) is 0. The van der Waals surface area contributed by atoms with E-state index in [-0.39, 0.29) is 0 Å². The molecule has 2 fully saturated rings. The van der Waals surface area contributed by atoms with E-state index in [1.807, 2.05) is 0 Å². The molecule has 0 aromatic rings. The molecule has 0 amide bonds. The van der Waals surface area contributed by atoms with Crippen LogP contribution in [0.3, 0.4) is 0 Å². The predicted octanol–water partition coefficient (Wildman–Crippen LogP) is 0.428. The summed E-state index contributed by atoms with van der Waals surface area (Å²) in [5.74, 6) is 0.979. The fraction of sp³-hybridized carbons (Fsp3) is 1.00. The monoisotopic (exact) mass is 140 g/mol. The quantitative estimate of drug-likeness (QED) is 0.602. The van der Waals surface area contributed by atoms with Gasteiger partial charge in [-0.2, -0.15) is 0 Å². The van der Waals surface area contributed by atoms with Gasteiger partial charge in [0.2, 0.25) is 0 Å². The third-order valence-corrected chi connectivity index (χ3v) is 2.84. The largest absolute Gasteiger partial charge is 0.326 e. The highest BCUT2D eigenvalue weighted by molar-refractivity contribution is 5.02. The number of nitrogens with two attached hydrogens (primary N) is 1. The van der Waals surface area contributed by atoms with Gasteiger partial charge in [-0.3, -0.25) is 4.90 Å². The Balaban J connectivity index is 1.71. The molecule has 0 aromatic heterocycles. The second-order valence-electron chi connectivity index (χ2n) is 3.70. The molecular weight excluding hydrogens is 124 g/mol. The van der Waals surface area contributed by atoms with Crippen molar-refractivity contribution < 1.29 is 0 Å². The maximum Gasteiger partial charge on any atom is 0.0263 e. The van der Waals surface area contributed by atoms with E-state index < -0.39 is 0 Å². The molecule has 2 aliphatic rings. The summed E-state index contributed by atoms with van der Waals surface area (Å²) in [6.45, 7) is 4.90. The molecule has 2 unspecified atom stereocenters. The van der Waals surface area contributed by atoms with Crippen LogP contribution in [0.4, 0.5) is 0 Å². The summed E-state index contributed by atoms with van der Waals surface area (Å²) < 4.78 is 0. The zero-order valence-corrected chi connectivity index (χ0v) is 6.59. The summed E-state index contributed by atoms with van der Waals surface area (Å²) in [6, 6.07) is 1.28. The van der Waals surface area contributed by atoms with Gasteiger partial charge in [0.25, 0.3) is 0 Å². The standard InChI is InChI=1S/C8H16N2/c1-2-6-4-10(5-6)8-3-7(8)9/h6-8H,2-5,9H2,1H3. The van der Waals surface area contributed by atoms with Gasteiger partial charge in [-0.15, -0.1) is 0 Å². The van der Waals surface area contributed by atoms with Crippen molar-refractivity contribution in [3.05, 3.63) is 0 Å². The van der Waals surface area contributed by atoms with Gasteiger partial charge in [-0.05, 0) is 12.3 Å². The summed E-state index contributed by atoms with van der Waals surface area (Å²) in [4.78, 5) is 2.53. The first kappa shape index (κ1) is 6.62. The zero-order chi connectivity index (χ0) is 7.14. The minimum absolute atomic E-state index is 0.512. The van der Waals surface area contributed by atoms with E-state index in [1.165, 1.54) is 25.9 Å². The Morgan fingerprint density at radius 2 is 2.10 bits per heavy atom. The van der Waals surface area contributed by atoms with Gasteiger partial charge in [0.05, 0.1) is 0 Å².